The van der Waals surface area contributed by atoms with Crippen LogP contribution in [-0.4, -0.2) is 26.8 Å². The molecule has 6 N–H and O–H groups in total. The van der Waals surface area contributed by atoms with Crippen LogP contribution in [0.25, 0.3) is 11.3 Å². The van der Waals surface area contributed by atoms with Crippen LogP contribution in [0.4, 0.5) is 15.9 Å². The first-order chi connectivity index (χ1) is 18.0. The molecule has 1 aliphatic carbocycles. The highest BCUT2D eigenvalue weighted by Crippen LogP contribution is 2.30. The van der Waals surface area contributed by atoms with Crippen LogP contribution in [0.15, 0.2) is 61.2 Å². The van der Waals surface area contributed by atoms with Gasteiger partial charge in [0.1, 0.15) is 11.5 Å². The topological polar surface area (TPSA) is 149 Å². The molecule has 10 heteroatoms. The number of carbonyl (C=O) groups excluding carboxylic acids is 2. The average Bonchev–Trinajstić information content (AvgIpc) is 3.74. The van der Waals surface area contributed by atoms with Gasteiger partial charge in [0.25, 0.3) is 5.91 Å². The summed E-state index contributed by atoms with van der Waals surface area (Å²) in [6, 6.07) is 8.12. The fourth-order valence-corrected chi connectivity index (χ4v) is 3.72. The lowest BCUT2D eigenvalue weighted by atomic mass is 10.0. The fraction of sp³-hybridized carbons (Fsp3) is 0.250. The third-order valence-corrected chi connectivity index (χ3v) is 6.07. The van der Waals surface area contributed by atoms with E-state index in [1.54, 1.807) is 37.4 Å². The van der Waals surface area contributed by atoms with Crippen molar-refractivity contribution in [3.8, 4) is 0 Å². The summed E-state index contributed by atoms with van der Waals surface area (Å²) in [5.41, 5.74) is 14.4. The normalized spacial score (nSPS) is 14.2. The van der Waals surface area contributed by atoms with Crippen molar-refractivity contribution < 1.29 is 14.0 Å². The van der Waals surface area contributed by atoms with Gasteiger partial charge in [-0.25, -0.2) is 9.37 Å². The molecule has 0 aliphatic heterocycles. The minimum absolute atomic E-state index is 0.0417. The fourth-order valence-electron chi connectivity index (χ4n) is 3.72. The number of anilines is 2. The summed E-state index contributed by atoms with van der Waals surface area (Å²) >= 11 is 0. The van der Waals surface area contributed by atoms with E-state index < -0.39 is 11.6 Å². The largest absolute Gasteiger partial charge is 0.404 e. The number of nitrogens with two attached hydrogens (primary N) is 2. The van der Waals surface area contributed by atoms with E-state index in [-0.39, 0.29) is 23.1 Å². The van der Waals surface area contributed by atoms with E-state index >= 15 is 0 Å². The quantitative estimate of drug-likeness (QED) is 0.327. The van der Waals surface area contributed by atoms with Crippen molar-refractivity contribution in [3.05, 3.63) is 89.3 Å². The number of aromatic nitrogens is 3. The molecular weight excluding hydrogens is 485 g/mol. The third-order valence-electron chi connectivity index (χ3n) is 6.07. The third kappa shape index (κ3) is 6.39. The van der Waals surface area contributed by atoms with Crippen LogP contribution >= 0.6 is 0 Å². The van der Waals surface area contributed by atoms with Crippen LogP contribution in [0.1, 0.15) is 59.6 Å². The summed E-state index contributed by atoms with van der Waals surface area (Å²) < 4.78 is 14.3. The van der Waals surface area contributed by atoms with E-state index in [9.17, 15) is 14.0 Å². The van der Waals surface area contributed by atoms with Gasteiger partial charge in [0.2, 0.25) is 5.91 Å². The number of alkyl halides is 1. The van der Waals surface area contributed by atoms with E-state index in [1.807, 2.05) is 0 Å². The minimum Gasteiger partial charge on any atom is -0.404 e. The molecule has 0 spiro atoms. The molecule has 2 amide bonds. The van der Waals surface area contributed by atoms with E-state index in [2.05, 4.69) is 25.6 Å². The molecule has 196 valence electrons. The van der Waals surface area contributed by atoms with Crippen LogP contribution in [-0.2, 0) is 10.5 Å². The Morgan fingerprint density at radius 1 is 1.05 bits per heavy atom. The maximum absolute atomic E-state index is 14.3. The number of nitrogens with zero attached hydrogens (tertiary/aromatic N) is 3. The number of rotatable bonds is 8. The molecule has 0 bridgehead atoms. The van der Waals surface area contributed by atoms with Gasteiger partial charge in [-0.3, -0.25) is 19.6 Å². The SMILES string of the molecule is Cc1ncc(NC(=O)c2ccnc(C(C)(C)F)c2)cc1/C(N)=C/C(=C\N)c1ccnc(NC(=O)C2CC2)c1. The minimum atomic E-state index is -1.68. The first-order valence-electron chi connectivity index (χ1n) is 12.2. The second-order valence-electron chi connectivity index (χ2n) is 9.63. The number of hydrogen-bond acceptors (Lipinski definition) is 7. The molecule has 0 saturated heterocycles. The van der Waals surface area contributed by atoms with Crippen LogP contribution in [0.3, 0.4) is 0 Å². The lowest BCUT2D eigenvalue weighted by molar-refractivity contribution is -0.117. The van der Waals surface area contributed by atoms with Crippen molar-refractivity contribution in [2.24, 2.45) is 17.4 Å². The van der Waals surface area contributed by atoms with Gasteiger partial charge in [0.15, 0.2) is 0 Å². The molecule has 0 atom stereocenters. The maximum Gasteiger partial charge on any atom is 0.255 e. The van der Waals surface area contributed by atoms with Crippen molar-refractivity contribution in [1.82, 2.24) is 15.0 Å². The molecule has 9 nitrogen and oxygen atoms in total. The summed E-state index contributed by atoms with van der Waals surface area (Å²) in [4.78, 5) is 37.5. The smallest absolute Gasteiger partial charge is 0.255 e. The van der Waals surface area contributed by atoms with E-state index in [4.69, 9.17) is 11.5 Å². The van der Waals surface area contributed by atoms with Crippen molar-refractivity contribution in [1.29, 1.82) is 0 Å². The lowest BCUT2D eigenvalue weighted by Gasteiger charge is -2.14. The van der Waals surface area contributed by atoms with Crippen molar-refractivity contribution in [2.45, 2.75) is 39.3 Å². The summed E-state index contributed by atoms with van der Waals surface area (Å²) in [5.74, 6) is 0.0145. The zero-order chi connectivity index (χ0) is 27.4. The van der Waals surface area contributed by atoms with Gasteiger partial charge in [-0.05, 0) is 81.2 Å². The van der Waals surface area contributed by atoms with Gasteiger partial charge in [-0.1, -0.05) is 0 Å². The van der Waals surface area contributed by atoms with Crippen LogP contribution < -0.4 is 22.1 Å². The standard InChI is InChI=1S/C28H30FN7O2/c1-16-22(13-21(15-34-16)35-27(38)19-7-8-32-24(11-19)28(2,3)29)23(31)10-20(14-30)18-6-9-33-25(12-18)36-26(37)17-4-5-17/h6-15,17H,4-5,30-31H2,1-3H3,(H,35,38)(H,33,36,37)/b20-14+,23-10-. The number of nitrogens with one attached hydrogen (secondary N) is 2. The highest BCUT2D eigenvalue weighted by Gasteiger charge is 2.29. The number of allylic oxidation sites excluding steroid dienone is 2. The molecule has 0 radical (unpaired) electrons. The van der Waals surface area contributed by atoms with Crippen LogP contribution in [0, 0.1) is 12.8 Å². The Morgan fingerprint density at radius 2 is 1.76 bits per heavy atom. The molecule has 38 heavy (non-hydrogen) atoms. The molecule has 3 aromatic heterocycles. The van der Waals surface area contributed by atoms with Gasteiger partial charge in [0.05, 0.1) is 17.6 Å². The second kappa shape index (κ2) is 10.8. The molecule has 1 saturated carbocycles. The first kappa shape index (κ1) is 26.5. The summed E-state index contributed by atoms with van der Waals surface area (Å²) in [6.07, 6.45) is 9.39. The van der Waals surface area contributed by atoms with Crippen molar-refractivity contribution in [3.63, 3.8) is 0 Å². The number of amides is 2. The molecule has 1 aliphatic rings. The Morgan fingerprint density at radius 3 is 2.45 bits per heavy atom. The highest BCUT2D eigenvalue weighted by atomic mass is 19.1. The van der Waals surface area contributed by atoms with Gasteiger partial charge < -0.3 is 22.1 Å². The zero-order valence-corrected chi connectivity index (χ0v) is 21.5. The Bertz CT molecular complexity index is 1440. The van der Waals surface area contributed by atoms with Gasteiger partial charge in [0, 0.05) is 47.0 Å². The molecule has 3 aromatic rings. The number of halogens is 1. The van der Waals surface area contributed by atoms with Crippen LogP contribution in [0.2, 0.25) is 0 Å². The monoisotopic (exact) mass is 515 g/mol. The number of hydrogen-bond donors (Lipinski definition) is 4. The van der Waals surface area contributed by atoms with Gasteiger partial charge >= 0.3 is 0 Å². The Hall–Kier alpha value is -4.60. The molecule has 0 unspecified atom stereocenters. The van der Waals surface area contributed by atoms with E-state index in [0.29, 0.717) is 34.0 Å². The zero-order valence-electron chi connectivity index (χ0n) is 21.5. The molecule has 0 aromatic carbocycles. The number of pyridine rings is 3. The predicted octanol–water partition coefficient (Wildman–Crippen LogP) is 4.28. The molecule has 4 rings (SSSR count). The van der Waals surface area contributed by atoms with E-state index in [0.717, 1.165) is 18.4 Å². The lowest BCUT2D eigenvalue weighted by Crippen LogP contribution is -2.16. The van der Waals surface area contributed by atoms with E-state index in [1.165, 1.54) is 44.6 Å². The van der Waals surface area contributed by atoms with Crippen molar-refractivity contribution >= 4 is 34.6 Å². The maximum atomic E-state index is 14.3. The second-order valence-corrected chi connectivity index (χ2v) is 9.63. The highest BCUT2D eigenvalue weighted by molar-refractivity contribution is 6.04. The predicted molar refractivity (Wildman–Crippen MR) is 145 cm³/mol. The van der Waals surface area contributed by atoms with Crippen LogP contribution in [0.5, 0.6) is 0 Å². The Balaban J connectivity index is 1.54. The average molecular weight is 516 g/mol. The van der Waals surface area contributed by atoms with Gasteiger partial charge in [-0.2, -0.15) is 0 Å². The number of aryl methyl sites for hydroxylation is 1. The summed E-state index contributed by atoms with van der Waals surface area (Å²) in [6.45, 7) is 4.55. The first-order valence-corrected chi connectivity index (χ1v) is 12.2. The summed E-state index contributed by atoms with van der Waals surface area (Å²) in [7, 11) is 0. The summed E-state index contributed by atoms with van der Waals surface area (Å²) in [5, 5.41) is 5.60. The number of carbonyl (C=O) groups is 2. The van der Waals surface area contributed by atoms with Crippen molar-refractivity contribution in [2.75, 3.05) is 10.6 Å². The Labute approximate surface area is 220 Å². The van der Waals surface area contributed by atoms with Gasteiger partial charge in [-0.15, -0.1) is 0 Å². The molecule has 3 heterocycles. The molecule has 1 fully saturated rings. The Kier molecular flexibility index (Phi) is 7.52. The molecular formula is C28H30FN7O2.